The quantitative estimate of drug-likeness (QED) is 0.714. The molecule has 1 heterocycles. The number of carbonyl (C=O) groups is 1. The van der Waals surface area contributed by atoms with Crippen LogP contribution < -0.4 is 4.90 Å². The summed E-state index contributed by atoms with van der Waals surface area (Å²) < 4.78 is 1.63. The van der Waals surface area contributed by atoms with E-state index < -0.39 is 0 Å². The summed E-state index contributed by atoms with van der Waals surface area (Å²) in [6.07, 6.45) is 3.31. The Balaban J connectivity index is 1.95. The van der Waals surface area contributed by atoms with E-state index >= 15 is 0 Å². The number of aryl methyl sites for hydroxylation is 1. The van der Waals surface area contributed by atoms with Crippen LogP contribution >= 0.6 is 0 Å². The molecule has 100 valence electrons. The van der Waals surface area contributed by atoms with Gasteiger partial charge in [-0.25, -0.2) is 0 Å². The zero-order valence-electron chi connectivity index (χ0n) is 11.4. The van der Waals surface area contributed by atoms with Crippen LogP contribution in [0.4, 0.5) is 5.69 Å². The molecule has 4 heteroatoms. The Morgan fingerprint density at radius 3 is 2.60 bits per heavy atom. The second-order valence-electron chi connectivity index (χ2n) is 4.80. The van der Waals surface area contributed by atoms with Gasteiger partial charge >= 0.3 is 0 Å². The molecule has 3 rings (SSSR count). The van der Waals surface area contributed by atoms with Crippen LogP contribution in [0.5, 0.6) is 0 Å². The van der Waals surface area contributed by atoms with E-state index in [4.69, 9.17) is 0 Å². The van der Waals surface area contributed by atoms with Crippen molar-refractivity contribution < 1.29 is 4.79 Å². The van der Waals surface area contributed by atoms with E-state index in [1.807, 2.05) is 36.4 Å². The number of carbonyl (C=O) groups excluding carboxylic acids is 1. The maximum Gasteiger partial charge on any atom is 0.261 e. The molecule has 0 unspecified atom stereocenters. The highest BCUT2D eigenvalue weighted by Gasteiger charge is 2.15. The molecule has 0 aliphatic heterocycles. The number of nitrogens with zero attached hydrogens (tertiary/aromatic N) is 3. The van der Waals surface area contributed by atoms with Gasteiger partial charge in [-0.3, -0.25) is 9.48 Å². The first-order chi connectivity index (χ1) is 9.65. The summed E-state index contributed by atoms with van der Waals surface area (Å²) in [6.45, 7) is 0. The van der Waals surface area contributed by atoms with Gasteiger partial charge in [0.2, 0.25) is 0 Å². The maximum atomic E-state index is 12.4. The van der Waals surface area contributed by atoms with Crippen molar-refractivity contribution in [3.05, 3.63) is 60.4 Å². The first kappa shape index (κ1) is 12.4. The van der Waals surface area contributed by atoms with Gasteiger partial charge in [0.15, 0.2) is 0 Å². The Morgan fingerprint density at radius 1 is 1.15 bits per heavy atom. The van der Waals surface area contributed by atoms with Crippen LogP contribution in [0.25, 0.3) is 10.8 Å². The third kappa shape index (κ3) is 2.16. The molecule has 0 fully saturated rings. The molecule has 0 saturated heterocycles. The van der Waals surface area contributed by atoms with Gasteiger partial charge in [0.05, 0.1) is 11.8 Å². The lowest BCUT2D eigenvalue weighted by atomic mass is 10.1. The second kappa shape index (κ2) is 4.81. The molecule has 3 aromatic rings. The standard InChI is InChI=1S/C16H15N3O/c1-18-11-14(10-17-18)16(20)19(2)15-8-7-12-5-3-4-6-13(12)9-15/h3-11H,1-2H3. The number of rotatable bonds is 2. The monoisotopic (exact) mass is 265 g/mol. The van der Waals surface area contributed by atoms with Crippen LogP contribution in [0.2, 0.25) is 0 Å². The van der Waals surface area contributed by atoms with E-state index in [0.717, 1.165) is 11.1 Å². The Labute approximate surface area is 117 Å². The second-order valence-corrected chi connectivity index (χ2v) is 4.80. The zero-order valence-corrected chi connectivity index (χ0v) is 11.4. The van der Waals surface area contributed by atoms with Crippen molar-refractivity contribution in [2.24, 2.45) is 7.05 Å². The highest BCUT2D eigenvalue weighted by atomic mass is 16.2. The van der Waals surface area contributed by atoms with Gasteiger partial charge in [-0.1, -0.05) is 30.3 Å². The largest absolute Gasteiger partial charge is 0.311 e. The first-order valence-corrected chi connectivity index (χ1v) is 6.40. The number of benzene rings is 2. The van der Waals surface area contributed by atoms with Crippen LogP contribution in [0.15, 0.2) is 54.9 Å². The van der Waals surface area contributed by atoms with Gasteiger partial charge < -0.3 is 4.90 Å². The average Bonchev–Trinajstić information content (AvgIpc) is 2.92. The van der Waals surface area contributed by atoms with Crippen molar-refractivity contribution in [1.82, 2.24) is 9.78 Å². The summed E-state index contributed by atoms with van der Waals surface area (Å²) >= 11 is 0. The van der Waals surface area contributed by atoms with Gasteiger partial charge in [-0.05, 0) is 22.9 Å². The summed E-state index contributed by atoms with van der Waals surface area (Å²) in [5.74, 6) is -0.0617. The van der Waals surface area contributed by atoms with E-state index in [9.17, 15) is 4.79 Å². The molecule has 0 aliphatic carbocycles. The minimum atomic E-state index is -0.0617. The van der Waals surface area contributed by atoms with Crippen LogP contribution in [0, 0.1) is 0 Å². The van der Waals surface area contributed by atoms with E-state index in [0.29, 0.717) is 5.56 Å². The Morgan fingerprint density at radius 2 is 1.90 bits per heavy atom. The van der Waals surface area contributed by atoms with Crippen molar-refractivity contribution in [1.29, 1.82) is 0 Å². The van der Waals surface area contributed by atoms with E-state index in [1.165, 1.54) is 5.39 Å². The molecule has 0 spiro atoms. The Hall–Kier alpha value is -2.62. The number of amides is 1. The molecule has 0 aliphatic rings. The van der Waals surface area contributed by atoms with Crippen LogP contribution in [0.1, 0.15) is 10.4 Å². The first-order valence-electron chi connectivity index (χ1n) is 6.40. The van der Waals surface area contributed by atoms with Crippen LogP contribution in [-0.2, 0) is 7.05 Å². The number of fused-ring (bicyclic) bond motifs is 1. The minimum absolute atomic E-state index is 0.0617. The van der Waals surface area contributed by atoms with Gasteiger partial charge in [-0.2, -0.15) is 5.10 Å². The number of hydrogen-bond acceptors (Lipinski definition) is 2. The molecule has 20 heavy (non-hydrogen) atoms. The molecule has 1 aromatic heterocycles. The lowest BCUT2D eigenvalue weighted by molar-refractivity contribution is 0.0993. The fourth-order valence-electron chi connectivity index (χ4n) is 2.23. The fraction of sp³-hybridized carbons (Fsp3) is 0.125. The van der Waals surface area contributed by atoms with E-state index in [1.54, 1.807) is 36.1 Å². The normalized spacial score (nSPS) is 10.7. The molecule has 4 nitrogen and oxygen atoms in total. The van der Waals surface area contributed by atoms with Crippen LogP contribution in [-0.4, -0.2) is 22.7 Å². The van der Waals surface area contributed by atoms with Crippen molar-refractivity contribution in [3.8, 4) is 0 Å². The molecule has 0 atom stereocenters. The van der Waals surface area contributed by atoms with Crippen molar-refractivity contribution in [2.45, 2.75) is 0 Å². The SMILES string of the molecule is CN(C(=O)c1cnn(C)c1)c1ccc2ccccc2c1. The molecular formula is C16H15N3O. The van der Waals surface area contributed by atoms with Crippen molar-refractivity contribution in [3.63, 3.8) is 0 Å². The Bertz CT molecular complexity index is 776. The van der Waals surface area contributed by atoms with Gasteiger partial charge in [0.1, 0.15) is 0 Å². The minimum Gasteiger partial charge on any atom is -0.311 e. The van der Waals surface area contributed by atoms with Gasteiger partial charge in [-0.15, -0.1) is 0 Å². The highest BCUT2D eigenvalue weighted by molar-refractivity contribution is 6.06. The molecular weight excluding hydrogens is 250 g/mol. The topological polar surface area (TPSA) is 38.1 Å². The maximum absolute atomic E-state index is 12.4. The summed E-state index contributed by atoms with van der Waals surface area (Å²) in [5, 5.41) is 6.32. The van der Waals surface area contributed by atoms with Crippen LogP contribution in [0.3, 0.4) is 0 Å². The number of hydrogen-bond donors (Lipinski definition) is 0. The average molecular weight is 265 g/mol. The predicted octanol–water partition coefficient (Wildman–Crippen LogP) is 2.85. The van der Waals surface area contributed by atoms with E-state index in [-0.39, 0.29) is 5.91 Å². The lowest BCUT2D eigenvalue weighted by Gasteiger charge is -2.17. The smallest absolute Gasteiger partial charge is 0.261 e. The third-order valence-electron chi connectivity index (χ3n) is 3.38. The van der Waals surface area contributed by atoms with Crippen molar-refractivity contribution in [2.75, 3.05) is 11.9 Å². The number of aromatic nitrogens is 2. The zero-order chi connectivity index (χ0) is 14.1. The number of anilines is 1. The fourth-order valence-corrected chi connectivity index (χ4v) is 2.23. The molecule has 1 amide bonds. The molecule has 0 N–H and O–H groups in total. The van der Waals surface area contributed by atoms with Gasteiger partial charge in [0, 0.05) is 26.0 Å². The van der Waals surface area contributed by atoms with Crippen molar-refractivity contribution >= 4 is 22.4 Å². The summed E-state index contributed by atoms with van der Waals surface area (Å²) in [6, 6.07) is 14.1. The predicted molar refractivity (Wildman–Crippen MR) is 79.9 cm³/mol. The molecule has 2 aromatic carbocycles. The lowest BCUT2D eigenvalue weighted by Crippen LogP contribution is -2.25. The summed E-state index contributed by atoms with van der Waals surface area (Å²) in [5.41, 5.74) is 1.46. The third-order valence-corrected chi connectivity index (χ3v) is 3.38. The van der Waals surface area contributed by atoms with Gasteiger partial charge in [0.25, 0.3) is 5.91 Å². The summed E-state index contributed by atoms with van der Waals surface area (Å²) in [4.78, 5) is 14.0. The van der Waals surface area contributed by atoms with E-state index in [2.05, 4.69) is 11.2 Å². The summed E-state index contributed by atoms with van der Waals surface area (Å²) in [7, 11) is 3.58. The molecule has 0 saturated carbocycles. The molecule has 0 radical (unpaired) electrons. The molecule has 0 bridgehead atoms. The highest BCUT2D eigenvalue weighted by Crippen LogP contribution is 2.22. The Kier molecular flexibility index (Phi) is 2.99.